The number of carbonyl (C=O) groups excluding carboxylic acids is 1. The number of pyridine rings is 1. The number of nitrogens with zero attached hydrogens (tertiary/aromatic N) is 5. The number of benzene rings is 1. The third-order valence-corrected chi connectivity index (χ3v) is 6.95. The summed E-state index contributed by atoms with van der Waals surface area (Å²) in [4.78, 5) is 26.8. The highest BCUT2D eigenvalue weighted by atomic mass is 19.3. The number of alkyl halides is 3. The highest BCUT2D eigenvalue weighted by Crippen LogP contribution is 2.37. The molecule has 1 aromatic carbocycles. The molecule has 1 fully saturated rings. The first-order chi connectivity index (χ1) is 16.8. The number of hydrogen-bond acceptors (Lipinski definition) is 4. The highest BCUT2D eigenvalue weighted by Gasteiger charge is 2.38. The summed E-state index contributed by atoms with van der Waals surface area (Å²) in [6, 6.07) is 5.49. The Morgan fingerprint density at radius 3 is 2.71 bits per heavy atom. The van der Waals surface area contributed by atoms with Gasteiger partial charge in [-0.1, -0.05) is 18.2 Å². The van der Waals surface area contributed by atoms with Gasteiger partial charge in [-0.2, -0.15) is 0 Å². The lowest BCUT2D eigenvalue weighted by Gasteiger charge is -2.35. The lowest BCUT2D eigenvalue weighted by molar-refractivity contribution is -0.131. The Hall–Kier alpha value is -3.30. The quantitative estimate of drug-likeness (QED) is 0.514. The van der Waals surface area contributed by atoms with Gasteiger partial charge in [0.25, 0.3) is 6.43 Å². The molecule has 1 amide bonds. The third kappa shape index (κ3) is 4.30. The molecule has 0 bridgehead atoms. The van der Waals surface area contributed by atoms with Crippen molar-refractivity contribution < 1.29 is 22.4 Å². The fourth-order valence-electron chi connectivity index (χ4n) is 4.91. The number of amides is 1. The lowest BCUT2D eigenvalue weighted by atomic mass is 9.89. The fraction of sp³-hybridized carbons (Fsp3) is 0.440. The highest BCUT2D eigenvalue weighted by molar-refractivity contribution is 5.78. The second-order valence-electron chi connectivity index (χ2n) is 9.10. The van der Waals surface area contributed by atoms with Crippen molar-refractivity contribution >= 4 is 16.8 Å². The maximum Gasteiger partial charge on any atom is 0.266 e. The Labute approximate surface area is 199 Å². The van der Waals surface area contributed by atoms with Crippen LogP contribution in [0.25, 0.3) is 10.9 Å². The van der Waals surface area contributed by atoms with Crippen molar-refractivity contribution in [1.82, 2.24) is 19.4 Å². The van der Waals surface area contributed by atoms with Crippen molar-refractivity contribution in [2.24, 2.45) is 4.99 Å². The van der Waals surface area contributed by atoms with Gasteiger partial charge in [0.2, 0.25) is 5.91 Å². The number of rotatable bonds is 4. The van der Waals surface area contributed by atoms with Gasteiger partial charge in [-0.3, -0.25) is 14.8 Å². The van der Waals surface area contributed by atoms with E-state index >= 15 is 4.39 Å². The molecule has 2 aliphatic rings. The van der Waals surface area contributed by atoms with Crippen LogP contribution in [0.4, 0.5) is 17.6 Å². The molecule has 0 atom stereocenters. The minimum Gasteiger partial charge on any atom is -0.343 e. The van der Waals surface area contributed by atoms with Crippen LogP contribution < -0.4 is 5.49 Å². The molecule has 2 aromatic heterocycles. The Kier molecular flexibility index (Phi) is 6.06. The van der Waals surface area contributed by atoms with Crippen molar-refractivity contribution in [2.45, 2.75) is 57.8 Å². The minimum atomic E-state index is -2.92. The number of aromatic nitrogens is 3. The van der Waals surface area contributed by atoms with E-state index in [4.69, 9.17) is 0 Å². The zero-order valence-corrected chi connectivity index (χ0v) is 19.3. The average Bonchev–Trinajstić information content (AvgIpc) is 3.32. The number of piperidine rings is 1. The Morgan fingerprint density at radius 2 is 2.00 bits per heavy atom. The van der Waals surface area contributed by atoms with E-state index in [2.05, 4.69) is 15.0 Å². The van der Waals surface area contributed by atoms with E-state index in [1.54, 1.807) is 17.2 Å². The van der Waals surface area contributed by atoms with Crippen molar-refractivity contribution in [2.75, 3.05) is 13.1 Å². The number of likely N-dealkylation sites (tertiary alicyclic amines) is 1. The zero-order chi connectivity index (χ0) is 24.7. The molecule has 0 spiro atoms. The van der Waals surface area contributed by atoms with E-state index in [9.17, 15) is 18.0 Å². The Balaban J connectivity index is 1.57. The van der Waals surface area contributed by atoms with E-state index in [1.807, 2.05) is 4.57 Å². The van der Waals surface area contributed by atoms with E-state index in [1.165, 1.54) is 19.1 Å². The molecule has 0 radical (unpaired) electrons. The summed E-state index contributed by atoms with van der Waals surface area (Å²) in [7, 11) is 0. The molecule has 1 saturated heterocycles. The van der Waals surface area contributed by atoms with E-state index < -0.39 is 23.5 Å². The second-order valence-corrected chi connectivity index (χ2v) is 9.10. The number of halogens is 4. The molecular formula is C25H25F4N5O. The summed E-state index contributed by atoms with van der Waals surface area (Å²) in [5.74, 6) is -0.260. The number of carbonyl (C=O) groups is 1. The topological polar surface area (TPSA) is 63.4 Å². The first-order valence-corrected chi connectivity index (χ1v) is 11.7. The number of hydrogen-bond donors (Lipinski definition) is 0. The number of fused-ring (bicyclic) bond motifs is 3. The van der Waals surface area contributed by atoms with Gasteiger partial charge in [-0.05, 0) is 12.5 Å². The van der Waals surface area contributed by atoms with Crippen LogP contribution in [-0.4, -0.2) is 38.4 Å². The van der Waals surface area contributed by atoms with E-state index in [0.717, 1.165) is 36.8 Å². The summed E-state index contributed by atoms with van der Waals surface area (Å²) in [6.07, 6.45) is 0.602. The predicted octanol–water partition coefficient (Wildman–Crippen LogP) is 4.36. The van der Waals surface area contributed by atoms with Crippen LogP contribution in [0.15, 0.2) is 35.5 Å². The van der Waals surface area contributed by atoms with Gasteiger partial charge in [-0.15, -0.1) is 0 Å². The molecule has 0 N–H and O–H groups in total. The van der Waals surface area contributed by atoms with Crippen LogP contribution in [0.5, 0.6) is 0 Å². The molecule has 3 aromatic rings. The van der Waals surface area contributed by atoms with Crippen LogP contribution in [0.1, 0.15) is 55.3 Å². The van der Waals surface area contributed by atoms with Crippen molar-refractivity contribution in [3.05, 3.63) is 64.4 Å². The monoisotopic (exact) mass is 487 g/mol. The zero-order valence-electron chi connectivity index (χ0n) is 19.3. The molecule has 5 rings (SSSR count). The minimum absolute atomic E-state index is 0.0405. The van der Waals surface area contributed by atoms with Gasteiger partial charge in [-0.25, -0.2) is 22.5 Å². The lowest BCUT2D eigenvalue weighted by Crippen LogP contribution is -2.42. The second kappa shape index (κ2) is 9.05. The standard InChI is InChI=1S/C25H25F4N5O/c1-15(35)33-10-7-25(29,8-11-33)20-12-18-19(14-30-20)34-9-3-6-21(34)32-24(18)31-13-16-4-2-5-17(22(16)26)23(27)28/h2,4-5,12,14,23H,3,6-11,13H2,1H3/b31-24-. The molecule has 4 heterocycles. The molecule has 10 heteroatoms. The van der Waals surface area contributed by atoms with Crippen molar-refractivity contribution in [3.8, 4) is 0 Å². The molecule has 35 heavy (non-hydrogen) atoms. The summed E-state index contributed by atoms with van der Waals surface area (Å²) >= 11 is 0. The van der Waals surface area contributed by atoms with Gasteiger partial charge in [0.1, 0.15) is 11.6 Å². The first-order valence-electron chi connectivity index (χ1n) is 11.7. The van der Waals surface area contributed by atoms with Gasteiger partial charge >= 0.3 is 0 Å². The average molecular weight is 488 g/mol. The SMILES string of the molecule is CC(=O)N1CCC(F)(c2cc3/c(=N/Cc4cccc(C(F)F)c4F)nc4n(c3cn2)CCC4)CC1. The molecule has 0 saturated carbocycles. The van der Waals surface area contributed by atoms with Crippen LogP contribution >= 0.6 is 0 Å². The maximum atomic E-state index is 15.9. The molecule has 0 aliphatic carbocycles. The van der Waals surface area contributed by atoms with Crippen LogP contribution in [-0.2, 0) is 30.0 Å². The van der Waals surface area contributed by atoms with Gasteiger partial charge in [0, 0.05) is 56.8 Å². The Morgan fingerprint density at radius 1 is 1.23 bits per heavy atom. The smallest absolute Gasteiger partial charge is 0.266 e. The molecule has 0 unspecified atom stereocenters. The summed E-state index contributed by atoms with van der Waals surface area (Å²) in [5, 5.41) is 0.581. The van der Waals surface area contributed by atoms with Crippen molar-refractivity contribution in [1.29, 1.82) is 0 Å². The molecule has 184 valence electrons. The predicted molar refractivity (Wildman–Crippen MR) is 121 cm³/mol. The molecule has 2 aliphatic heterocycles. The summed E-state index contributed by atoms with van der Waals surface area (Å²) in [6.45, 7) is 2.65. The van der Waals surface area contributed by atoms with Gasteiger partial charge in [0.15, 0.2) is 11.2 Å². The summed E-state index contributed by atoms with van der Waals surface area (Å²) in [5.41, 5.74) is -1.01. The molecular weight excluding hydrogens is 462 g/mol. The summed E-state index contributed by atoms with van der Waals surface area (Å²) < 4.78 is 58.7. The molecule has 6 nitrogen and oxygen atoms in total. The number of aryl methyl sites for hydroxylation is 2. The van der Waals surface area contributed by atoms with E-state index in [0.29, 0.717) is 24.0 Å². The van der Waals surface area contributed by atoms with Gasteiger partial charge < -0.3 is 9.47 Å². The van der Waals surface area contributed by atoms with Crippen LogP contribution in [0.2, 0.25) is 0 Å². The fourth-order valence-corrected chi connectivity index (χ4v) is 4.91. The van der Waals surface area contributed by atoms with Gasteiger partial charge in [0.05, 0.1) is 29.5 Å². The normalized spacial score (nSPS) is 17.9. The van der Waals surface area contributed by atoms with Crippen LogP contribution in [0, 0.1) is 5.82 Å². The van der Waals surface area contributed by atoms with Crippen LogP contribution in [0.3, 0.4) is 0 Å². The largest absolute Gasteiger partial charge is 0.343 e. The first kappa shape index (κ1) is 23.4. The van der Waals surface area contributed by atoms with Crippen molar-refractivity contribution in [3.63, 3.8) is 0 Å². The van der Waals surface area contributed by atoms with E-state index in [-0.39, 0.29) is 36.6 Å². The third-order valence-electron chi connectivity index (χ3n) is 6.95. The maximum absolute atomic E-state index is 15.9. The Bertz CT molecular complexity index is 1360.